The zero-order chi connectivity index (χ0) is 13.1. The number of halogens is 4. The third kappa shape index (κ3) is 3.89. The Morgan fingerprint density at radius 1 is 1.41 bits per heavy atom. The van der Waals surface area contributed by atoms with Crippen molar-refractivity contribution in [3.8, 4) is 0 Å². The van der Waals surface area contributed by atoms with Crippen LogP contribution in [0, 0.1) is 0 Å². The molecule has 0 bridgehead atoms. The highest BCUT2D eigenvalue weighted by molar-refractivity contribution is 9.10. The number of carbonyl (C=O) groups is 1. The maximum absolute atomic E-state index is 12.6. The van der Waals surface area contributed by atoms with Gasteiger partial charge in [-0.1, -0.05) is 15.9 Å². The van der Waals surface area contributed by atoms with Gasteiger partial charge in [0.15, 0.2) is 0 Å². The molecule has 0 saturated heterocycles. The molecule has 0 heterocycles. The topological polar surface area (TPSA) is 26.3 Å². The standard InChI is InChI=1S/C11H8BrF3O2/c1-17-10(16)5-2-7-6-8(12)3-4-9(7)11(13,14)15/h2-6H,1H3. The SMILES string of the molecule is COC(=O)C=Cc1cc(Br)ccc1C(F)(F)F. The molecule has 0 amide bonds. The van der Waals surface area contributed by atoms with E-state index in [1.54, 1.807) is 0 Å². The van der Waals surface area contributed by atoms with Crippen LogP contribution in [0.4, 0.5) is 13.2 Å². The molecular formula is C11H8BrF3O2. The van der Waals surface area contributed by atoms with Gasteiger partial charge in [0, 0.05) is 10.5 Å². The van der Waals surface area contributed by atoms with Gasteiger partial charge in [0.2, 0.25) is 0 Å². The molecule has 0 fully saturated rings. The highest BCUT2D eigenvalue weighted by Crippen LogP contribution is 2.33. The van der Waals surface area contributed by atoms with Crippen molar-refractivity contribution in [1.82, 2.24) is 0 Å². The maximum Gasteiger partial charge on any atom is 0.416 e. The molecule has 0 radical (unpaired) electrons. The van der Waals surface area contributed by atoms with Crippen molar-refractivity contribution in [1.29, 1.82) is 0 Å². The lowest BCUT2D eigenvalue weighted by Crippen LogP contribution is -2.07. The Morgan fingerprint density at radius 3 is 2.59 bits per heavy atom. The second kappa shape index (κ2) is 5.35. The monoisotopic (exact) mass is 308 g/mol. The summed E-state index contributed by atoms with van der Waals surface area (Å²) in [5.74, 6) is -0.710. The van der Waals surface area contributed by atoms with Gasteiger partial charge < -0.3 is 4.74 Å². The van der Waals surface area contributed by atoms with E-state index in [1.807, 2.05) is 0 Å². The Balaban J connectivity index is 3.17. The lowest BCUT2D eigenvalue weighted by molar-refractivity contribution is -0.138. The number of methoxy groups -OCH3 is 1. The first kappa shape index (κ1) is 13.8. The van der Waals surface area contributed by atoms with E-state index in [9.17, 15) is 18.0 Å². The maximum atomic E-state index is 12.6. The fourth-order valence-electron chi connectivity index (χ4n) is 1.16. The van der Waals surface area contributed by atoms with Crippen LogP contribution < -0.4 is 0 Å². The summed E-state index contributed by atoms with van der Waals surface area (Å²) < 4.78 is 42.7. The predicted molar refractivity (Wildman–Crippen MR) is 60.2 cm³/mol. The third-order valence-electron chi connectivity index (χ3n) is 1.92. The largest absolute Gasteiger partial charge is 0.466 e. The van der Waals surface area contributed by atoms with Crippen molar-refractivity contribution in [2.75, 3.05) is 7.11 Å². The molecule has 1 aromatic carbocycles. The second-order valence-electron chi connectivity index (χ2n) is 3.09. The van der Waals surface area contributed by atoms with E-state index in [1.165, 1.54) is 12.1 Å². The number of ether oxygens (including phenoxy) is 1. The van der Waals surface area contributed by atoms with Crippen LogP contribution in [-0.4, -0.2) is 13.1 Å². The second-order valence-corrected chi connectivity index (χ2v) is 4.00. The van der Waals surface area contributed by atoms with Crippen molar-refractivity contribution in [2.24, 2.45) is 0 Å². The third-order valence-corrected chi connectivity index (χ3v) is 2.41. The first-order valence-corrected chi connectivity index (χ1v) is 5.26. The molecule has 0 atom stereocenters. The van der Waals surface area contributed by atoms with E-state index < -0.39 is 17.7 Å². The van der Waals surface area contributed by atoms with Gasteiger partial charge in [-0.2, -0.15) is 13.2 Å². The average molecular weight is 309 g/mol. The van der Waals surface area contributed by atoms with Gasteiger partial charge >= 0.3 is 12.1 Å². The van der Waals surface area contributed by atoms with Crippen LogP contribution in [-0.2, 0) is 15.7 Å². The first-order chi connectivity index (χ1) is 7.84. The molecular weight excluding hydrogens is 301 g/mol. The summed E-state index contributed by atoms with van der Waals surface area (Å²) in [4.78, 5) is 10.8. The fraction of sp³-hybridized carbons (Fsp3) is 0.182. The van der Waals surface area contributed by atoms with Crippen molar-refractivity contribution in [2.45, 2.75) is 6.18 Å². The minimum absolute atomic E-state index is 0.0997. The summed E-state index contributed by atoms with van der Waals surface area (Å²) in [7, 11) is 1.15. The van der Waals surface area contributed by atoms with Crippen LogP contribution in [0.15, 0.2) is 28.7 Å². The highest BCUT2D eigenvalue weighted by Gasteiger charge is 2.32. The molecule has 0 N–H and O–H groups in total. The Kier molecular flexibility index (Phi) is 4.34. The van der Waals surface area contributed by atoms with Crippen LogP contribution >= 0.6 is 15.9 Å². The quantitative estimate of drug-likeness (QED) is 0.616. The van der Waals surface area contributed by atoms with E-state index in [2.05, 4.69) is 20.7 Å². The van der Waals surface area contributed by atoms with Crippen molar-refractivity contribution in [3.05, 3.63) is 39.9 Å². The van der Waals surface area contributed by atoms with Gasteiger partial charge in [0.05, 0.1) is 12.7 Å². The summed E-state index contributed by atoms with van der Waals surface area (Å²) in [6, 6.07) is 3.52. The molecule has 0 aromatic heterocycles. The Morgan fingerprint density at radius 2 is 2.06 bits per heavy atom. The Labute approximate surface area is 104 Å². The molecule has 2 nitrogen and oxygen atoms in total. The minimum Gasteiger partial charge on any atom is -0.466 e. The minimum atomic E-state index is -4.46. The summed E-state index contributed by atoms with van der Waals surface area (Å²) in [6.07, 6.45) is -2.45. The molecule has 0 unspecified atom stereocenters. The highest BCUT2D eigenvalue weighted by atomic mass is 79.9. The van der Waals surface area contributed by atoms with Crippen LogP contribution in [0.5, 0.6) is 0 Å². The number of benzene rings is 1. The van der Waals surface area contributed by atoms with E-state index in [0.29, 0.717) is 4.47 Å². The summed E-state index contributed by atoms with van der Waals surface area (Å²) in [5.41, 5.74) is -0.905. The van der Waals surface area contributed by atoms with E-state index in [0.717, 1.165) is 25.3 Å². The molecule has 92 valence electrons. The molecule has 0 aliphatic heterocycles. The van der Waals surface area contributed by atoms with Gasteiger partial charge in [0.1, 0.15) is 0 Å². The number of hydrogen-bond acceptors (Lipinski definition) is 2. The molecule has 1 rings (SSSR count). The van der Waals surface area contributed by atoms with Crippen LogP contribution in [0.1, 0.15) is 11.1 Å². The summed E-state index contributed by atoms with van der Waals surface area (Å²) in [5, 5.41) is 0. The fourth-order valence-corrected chi connectivity index (χ4v) is 1.53. The lowest BCUT2D eigenvalue weighted by atomic mass is 10.1. The van der Waals surface area contributed by atoms with Gasteiger partial charge in [-0.15, -0.1) is 0 Å². The molecule has 0 aliphatic carbocycles. The van der Waals surface area contributed by atoms with Crippen LogP contribution in [0.3, 0.4) is 0 Å². The number of carbonyl (C=O) groups excluding carboxylic acids is 1. The smallest absolute Gasteiger partial charge is 0.416 e. The molecule has 1 aromatic rings. The first-order valence-electron chi connectivity index (χ1n) is 4.47. The summed E-state index contributed by atoms with van der Waals surface area (Å²) in [6.45, 7) is 0. The molecule has 17 heavy (non-hydrogen) atoms. The number of rotatable bonds is 2. The Hall–Kier alpha value is -1.30. The van der Waals surface area contributed by atoms with E-state index in [-0.39, 0.29) is 5.56 Å². The average Bonchev–Trinajstić information content (AvgIpc) is 2.24. The van der Waals surface area contributed by atoms with E-state index in [4.69, 9.17) is 0 Å². The van der Waals surface area contributed by atoms with Crippen molar-refractivity contribution in [3.63, 3.8) is 0 Å². The zero-order valence-corrected chi connectivity index (χ0v) is 10.3. The number of esters is 1. The lowest BCUT2D eigenvalue weighted by Gasteiger charge is -2.10. The van der Waals surface area contributed by atoms with E-state index >= 15 is 0 Å². The van der Waals surface area contributed by atoms with Crippen LogP contribution in [0.2, 0.25) is 0 Å². The Bertz CT molecular complexity index is 453. The van der Waals surface area contributed by atoms with Crippen molar-refractivity contribution >= 4 is 28.0 Å². The zero-order valence-electron chi connectivity index (χ0n) is 8.72. The van der Waals surface area contributed by atoms with Gasteiger partial charge in [-0.3, -0.25) is 0 Å². The predicted octanol–water partition coefficient (Wildman–Crippen LogP) is 3.65. The van der Waals surface area contributed by atoms with Gasteiger partial charge in [-0.25, -0.2) is 4.79 Å². The molecule has 0 saturated carbocycles. The molecule has 0 spiro atoms. The van der Waals surface area contributed by atoms with Gasteiger partial charge in [-0.05, 0) is 29.8 Å². The van der Waals surface area contributed by atoms with Gasteiger partial charge in [0.25, 0.3) is 0 Å². The number of hydrogen-bond donors (Lipinski definition) is 0. The molecule has 6 heteroatoms. The molecule has 0 aliphatic rings. The summed E-state index contributed by atoms with van der Waals surface area (Å²) >= 11 is 3.07. The number of alkyl halides is 3. The normalized spacial score (nSPS) is 11.8. The van der Waals surface area contributed by atoms with Crippen LogP contribution in [0.25, 0.3) is 6.08 Å². The van der Waals surface area contributed by atoms with Crippen molar-refractivity contribution < 1.29 is 22.7 Å².